The molecule has 2 atom stereocenters. The molecule has 11 heteroatoms. The number of rotatable bonds is 6. The predicted molar refractivity (Wildman–Crippen MR) is 134 cm³/mol. The molecule has 1 fully saturated rings. The van der Waals surface area contributed by atoms with Crippen LogP contribution in [0, 0.1) is 5.92 Å². The maximum atomic E-state index is 13.2. The summed E-state index contributed by atoms with van der Waals surface area (Å²) in [5.41, 5.74) is 2.96. The second-order valence-electron chi connectivity index (χ2n) is 9.19. The second kappa shape index (κ2) is 8.22. The summed E-state index contributed by atoms with van der Waals surface area (Å²) in [7, 11) is 0. The van der Waals surface area contributed by atoms with Crippen molar-refractivity contribution in [3.05, 3.63) is 90.3 Å². The van der Waals surface area contributed by atoms with Gasteiger partial charge in [0.2, 0.25) is 5.91 Å². The number of nitrogens with zero attached hydrogens (tertiary/aromatic N) is 2. The molecule has 1 aliphatic carbocycles. The Morgan fingerprint density at radius 3 is 2.38 bits per heavy atom. The minimum atomic E-state index is -0.872. The third-order valence-electron chi connectivity index (χ3n) is 6.87. The number of aromatic amines is 1. The maximum Gasteiger partial charge on any atom is 0.470 e. The zero-order valence-electron chi connectivity index (χ0n) is 19.6. The molecular weight excluding hydrogens is 474 g/mol. The Bertz CT molecular complexity index is 1500. The summed E-state index contributed by atoms with van der Waals surface area (Å²) in [5, 5.41) is 12.6. The second-order valence-corrected chi connectivity index (χ2v) is 9.19. The van der Waals surface area contributed by atoms with Gasteiger partial charge in [0.25, 0.3) is 10.8 Å². The summed E-state index contributed by atoms with van der Waals surface area (Å²) in [4.78, 5) is 35.0. The number of nitrogens with one attached hydrogen (secondary N) is 5. The molecule has 1 saturated heterocycles. The van der Waals surface area contributed by atoms with Crippen molar-refractivity contribution in [2.24, 2.45) is 5.92 Å². The van der Waals surface area contributed by atoms with Crippen molar-refractivity contribution >= 4 is 23.2 Å². The fourth-order valence-corrected chi connectivity index (χ4v) is 4.82. The molecule has 5 N–H and O–H groups in total. The third-order valence-corrected chi connectivity index (χ3v) is 6.87. The number of carbonyl (C=O) groups excluding carboxylic acids is 2. The number of hydrogen-bond donors (Lipinski definition) is 5. The molecule has 4 heterocycles. The van der Waals surface area contributed by atoms with E-state index in [1.165, 1.54) is 4.91 Å². The van der Waals surface area contributed by atoms with Crippen LogP contribution in [0.5, 0.6) is 0 Å². The van der Waals surface area contributed by atoms with Crippen LogP contribution in [0.15, 0.2) is 93.7 Å². The Hall–Kier alpha value is -4.61. The largest absolute Gasteiger partial charge is 0.470 e. The molecule has 1 unspecified atom stereocenters. The van der Waals surface area contributed by atoms with Gasteiger partial charge in [0.05, 0.1) is 6.17 Å². The van der Waals surface area contributed by atoms with Crippen LogP contribution in [0.4, 0.5) is 11.4 Å². The van der Waals surface area contributed by atoms with Crippen molar-refractivity contribution in [2.45, 2.75) is 11.9 Å². The molecule has 4 aromatic rings. The average molecular weight is 499 g/mol. The molecule has 7 rings (SSSR count). The summed E-state index contributed by atoms with van der Waals surface area (Å²) in [6, 6.07) is 15.1. The number of imidazole rings is 1. The van der Waals surface area contributed by atoms with Gasteiger partial charge < -0.3 is 15.6 Å². The van der Waals surface area contributed by atoms with E-state index in [1.54, 1.807) is 30.6 Å². The standard InChI is InChI=1S/C26H23N7O4/c34-24(31-19-6-1-16(2-7-19)22-27-11-12-28-22)18-5-10-21(26(15-18)33-36-37(26)33)25(35)32-20-8-3-17(4-9-20)23-29-13-14-30-23/h1-10,13-15,21-22,27-28H,11-12H2,(H2-,29,30,31,32,34,35)/p+1/t21?,26-,33?/m1/s1. The summed E-state index contributed by atoms with van der Waals surface area (Å²) in [6.07, 6.45) is 8.72. The van der Waals surface area contributed by atoms with Gasteiger partial charge in [0, 0.05) is 54.1 Å². The van der Waals surface area contributed by atoms with Gasteiger partial charge >= 0.3 is 5.72 Å². The van der Waals surface area contributed by atoms with Gasteiger partial charge in [-0.15, -0.1) is 4.31 Å². The Kier molecular flexibility index (Phi) is 4.81. The third kappa shape index (κ3) is 3.72. The lowest BCUT2D eigenvalue weighted by atomic mass is 9.88. The lowest BCUT2D eigenvalue weighted by Crippen LogP contribution is -2.37. The molecule has 2 aromatic carbocycles. The van der Waals surface area contributed by atoms with Crippen molar-refractivity contribution in [1.29, 1.82) is 0 Å². The number of benzene rings is 2. The van der Waals surface area contributed by atoms with Gasteiger partial charge in [-0.05, 0) is 42.0 Å². The monoisotopic (exact) mass is 498 g/mol. The van der Waals surface area contributed by atoms with Gasteiger partial charge in [0.15, 0.2) is 5.92 Å². The Morgan fingerprint density at radius 2 is 1.73 bits per heavy atom. The molecule has 186 valence electrons. The first-order valence-corrected chi connectivity index (χ1v) is 12.0. The number of anilines is 2. The van der Waals surface area contributed by atoms with Gasteiger partial charge in [0.1, 0.15) is 10.5 Å². The Balaban J connectivity index is 1.02. The normalized spacial score (nSPS) is 22.2. The molecule has 1 spiro atoms. The van der Waals surface area contributed by atoms with Crippen molar-refractivity contribution in [2.75, 3.05) is 23.7 Å². The highest BCUT2D eigenvalue weighted by molar-refractivity contribution is 6.06. The SMILES string of the molecule is O=C(Nc1ccc(C2NCCN2)cc1)C1=C[C@@]2(C(C(=O)Nc3ccc(-c4ncc[nH]4)cc3)C=C1)n1o[o+]12. The van der Waals surface area contributed by atoms with Crippen LogP contribution in [0.3, 0.4) is 0 Å². The van der Waals surface area contributed by atoms with Crippen LogP contribution in [0.25, 0.3) is 11.4 Å². The quantitative estimate of drug-likeness (QED) is 0.205. The fourth-order valence-electron chi connectivity index (χ4n) is 4.82. The van der Waals surface area contributed by atoms with E-state index in [-0.39, 0.29) is 18.0 Å². The Morgan fingerprint density at radius 1 is 1.03 bits per heavy atom. The molecule has 0 radical (unpaired) electrons. The van der Waals surface area contributed by atoms with Crippen molar-refractivity contribution < 1.29 is 18.6 Å². The lowest BCUT2D eigenvalue weighted by molar-refractivity contribution is -0.137. The van der Waals surface area contributed by atoms with E-state index < -0.39 is 11.6 Å². The highest BCUT2D eigenvalue weighted by Gasteiger charge is 2.84. The van der Waals surface area contributed by atoms with Crippen LogP contribution in [-0.4, -0.2) is 39.8 Å². The number of hydrogen-bond acceptors (Lipinski definition) is 6. The average Bonchev–Trinajstić information content (AvgIpc) is 3.60. The zero-order chi connectivity index (χ0) is 25.0. The van der Waals surface area contributed by atoms with Gasteiger partial charge in [-0.25, -0.2) is 4.98 Å². The van der Waals surface area contributed by atoms with Crippen molar-refractivity contribution in [3.8, 4) is 11.4 Å². The molecule has 0 saturated carbocycles. The lowest BCUT2D eigenvalue weighted by Gasteiger charge is -2.17. The molecule has 0 bridgehead atoms. The van der Waals surface area contributed by atoms with Crippen LogP contribution < -0.4 is 21.3 Å². The smallest absolute Gasteiger partial charge is 0.345 e. The highest BCUT2D eigenvalue weighted by atomic mass is 17.4. The van der Waals surface area contributed by atoms with Crippen molar-refractivity contribution in [3.63, 3.8) is 0 Å². The van der Waals surface area contributed by atoms with Crippen LogP contribution in [0.1, 0.15) is 11.7 Å². The van der Waals surface area contributed by atoms with Crippen LogP contribution in [0.2, 0.25) is 0 Å². The molecule has 3 aliphatic rings. The van der Waals surface area contributed by atoms with Crippen molar-refractivity contribution in [1.82, 2.24) is 25.5 Å². The van der Waals surface area contributed by atoms with Gasteiger partial charge in [-0.3, -0.25) is 20.2 Å². The molecule has 2 aliphatic heterocycles. The highest BCUT2D eigenvalue weighted by Crippen LogP contribution is 2.58. The van der Waals surface area contributed by atoms with Gasteiger partial charge in [-0.1, -0.05) is 24.3 Å². The first-order valence-electron chi connectivity index (χ1n) is 12.0. The number of H-pyrrole nitrogens is 1. The fraction of sp³-hybridized carbons (Fsp3) is 0.192. The number of allylic oxidation sites excluding steroid dienone is 1. The summed E-state index contributed by atoms with van der Waals surface area (Å²) in [6.45, 7) is 1.86. The number of amides is 2. The maximum absolute atomic E-state index is 13.2. The van der Waals surface area contributed by atoms with E-state index in [4.69, 9.17) is 4.68 Å². The molecule has 2 amide bonds. The minimum Gasteiger partial charge on any atom is -0.345 e. The number of aromatic nitrogens is 3. The predicted octanol–water partition coefficient (Wildman–Crippen LogP) is 2.85. The first kappa shape index (κ1) is 21.7. The Labute approximate surface area is 210 Å². The molecule has 11 nitrogen and oxygen atoms in total. The number of carbonyl (C=O) groups is 2. The summed E-state index contributed by atoms with van der Waals surface area (Å²) in [5.74, 6) is -0.305. The van der Waals surface area contributed by atoms with Gasteiger partial charge in [-0.2, -0.15) is 0 Å². The number of fused-ring (bicyclic) bond motifs is 3. The summed E-state index contributed by atoms with van der Waals surface area (Å²) < 4.78 is 7.64. The molecular formula is C26H24N7O4+. The van der Waals surface area contributed by atoms with Crippen LogP contribution in [-0.2, 0) is 15.3 Å². The molecule has 37 heavy (non-hydrogen) atoms. The van der Waals surface area contributed by atoms with E-state index in [2.05, 4.69) is 35.5 Å². The van der Waals surface area contributed by atoms with E-state index in [0.29, 0.717) is 16.9 Å². The van der Waals surface area contributed by atoms with E-state index >= 15 is 0 Å². The van der Waals surface area contributed by atoms with E-state index in [9.17, 15) is 9.59 Å². The summed E-state index contributed by atoms with van der Waals surface area (Å²) >= 11 is 0. The minimum absolute atomic E-state index is 0.132. The van der Waals surface area contributed by atoms with Crippen LogP contribution >= 0.6 is 0 Å². The molecule has 2 aromatic heterocycles. The van der Waals surface area contributed by atoms with E-state index in [1.807, 2.05) is 48.5 Å². The van der Waals surface area contributed by atoms with E-state index in [0.717, 1.165) is 30.0 Å². The topological polar surface area (TPSA) is 132 Å². The first-order chi connectivity index (χ1) is 18.1. The zero-order valence-corrected chi connectivity index (χ0v) is 19.6.